The molecule has 31 heavy (non-hydrogen) atoms. The number of rotatable bonds is 4. The minimum absolute atomic E-state index is 0.529. The van der Waals surface area contributed by atoms with E-state index in [9.17, 15) is 9.90 Å². The van der Waals surface area contributed by atoms with Gasteiger partial charge in [-0.25, -0.2) is 4.99 Å². The van der Waals surface area contributed by atoms with Gasteiger partial charge in [0.1, 0.15) is 23.0 Å². The van der Waals surface area contributed by atoms with Crippen LogP contribution in [0.1, 0.15) is 25.0 Å². The number of aliphatic carboxylic acids is 1. The van der Waals surface area contributed by atoms with Crippen molar-refractivity contribution in [2.75, 3.05) is 39.8 Å². The number of aryl methyl sites for hydroxylation is 1. The van der Waals surface area contributed by atoms with Crippen molar-refractivity contribution in [2.24, 2.45) is 10.4 Å². The zero-order chi connectivity index (χ0) is 22.2. The van der Waals surface area contributed by atoms with Crippen LogP contribution in [-0.4, -0.2) is 66.5 Å². The second kappa shape index (κ2) is 8.23. The van der Waals surface area contributed by atoms with E-state index >= 15 is 0 Å². The first-order valence-corrected chi connectivity index (χ1v) is 10.5. The summed E-state index contributed by atoms with van der Waals surface area (Å²) in [5.74, 6) is 2.27. The standard InChI is InChI=1S/C24H29N3O4/c1-16-5-8-20-19(13-16)25-22(18-7-6-17(30-4)14-21(18)31-20)27-11-9-26(10-12-27)15-24(2,3)23(28)29/h5-8,13-14H,9-12,15H2,1-4H3,(H,28,29). The van der Waals surface area contributed by atoms with Crippen molar-refractivity contribution in [1.82, 2.24) is 9.80 Å². The molecule has 0 spiro atoms. The minimum atomic E-state index is -0.768. The predicted octanol–water partition coefficient (Wildman–Crippen LogP) is 3.92. The summed E-state index contributed by atoms with van der Waals surface area (Å²) in [5.41, 5.74) is 2.08. The summed E-state index contributed by atoms with van der Waals surface area (Å²) in [6.07, 6.45) is 0. The monoisotopic (exact) mass is 423 g/mol. The lowest BCUT2D eigenvalue weighted by molar-refractivity contribution is -0.148. The highest BCUT2D eigenvalue weighted by molar-refractivity contribution is 6.04. The summed E-state index contributed by atoms with van der Waals surface area (Å²) in [6.45, 7) is 9.21. The summed E-state index contributed by atoms with van der Waals surface area (Å²) >= 11 is 0. The molecule has 2 aliphatic heterocycles. The van der Waals surface area contributed by atoms with Crippen LogP contribution in [-0.2, 0) is 4.79 Å². The quantitative estimate of drug-likeness (QED) is 0.804. The Bertz CT molecular complexity index is 1020. The number of aliphatic imine (C=N–C) groups is 1. The van der Waals surface area contributed by atoms with Crippen molar-refractivity contribution in [3.05, 3.63) is 47.5 Å². The third-order valence-electron chi connectivity index (χ3n) is 5.86. The smallest absolute Gasteiger partial charge is 0.310 e. The summed E-state index contributed by atoms with van der Waals surface area (Å²) in [7, 11) is 1.64. The van der Waals surface area contributed by atoms with Crippen LogP contribution in [0.3, 0.4) is 0 Å². The molecule has 0 aliphatic carbocycles. The average Bonchev–Trinajstić information content (AvgIpc) is 2.89. The number of methoxy groups -OCH3 is 1. The molecule has 0 radical (unpaired) electrons. The third kappa shape index (κ3) is 4.37. The highest BCUT2D eigenvalue weighted by atomic mass is 16.5. The van der Waals surface area contributed by atoms with E-state index in [1.54, 1.807) is 21.0 Å². The molecule has 7 nitrogen and oxygen atoms in total. The highest BCUT2D eigenvalue weighted by Gasteiger charge is 2.32. The number of hydrogen-bond donors (Lipinski definition) is 1. The maximum atomic E-state index is 11.5. The maximum Gasteiger partial charge on any atom is 0.310 e. The van der Waals surface area contributed by atoms with Crippen molar-refractivity contribution in [2.45, 2.75) is 20.8 Å². The van der Waals surface area contributed by atoms with E-state index in [0.717, 1.165) is 66.1 Å². The molecule has 2 heterocycles. The second-order valence-electron chi connectivity index (χ2n) is 8.82. The molecule has 7 heteroatoms. The number of amidine groups is 1. The van der Waals surface area contributed by atoms with Gasteiger partial charge in [-0.15, -0.1) is 0 Å². The van der Waals surface area contributed by atoms with Crippen molar-refractivity contribution in [3.63, 3.8) is 0 Å². The van der Waals surface area contributed by atoms with Gasteiger partial charge < -0.3 is 19.5 Å². The molecule has 0 atom stereocenters. The Kier molecular flexibility index (Phi) is 5.62. The van der Waals surface area contributed by atoms with E-state index in [4.69, 9.17) is 14.5 Å². The van der Waals surface area contributed by atoms with Crippen LogP contribution in [0.25, 0.3) is 0 Å². The van der Waals surface area contributed by atoms with Gasteiger partial charge in [-0.1, -0.05) is 6.07 Å². The molecule has 0 bridgehead atoms. The zero-order valence-electron chi connectivity index (χ0n) is 18.5. The number of carboxylic acid groups (broad SMARTS) is 1. The molecule has 164 valence electrons. The molecule has 2 aromatic rings. The molecule has 2 aliphatic rings. The van der Waals surface area contributed by atoms with Gasteiger partial charge in [0, 0.05) is 38.8 Å². The molecule has 0 amide bonds. The number of carboxylic acids is 1. The molecule has 1 fully saturated rings. The first kappa shape index (κ1) is 21.2. The van der Waals surface area contributed by atoms with Crippen LogP contribution in [0.15, 0.2) is 41.4 Å². The van der Waals surface area contributed by atoms with Gasteiger partial charge in [0.25, 0.3) is 0 Å². The number of hydrogen-bond acceptors (Lipinski definition) is 6. The fourth-order valence-corrected chi connectivity index (χ4v) is 3.98. The molecular formula is C24H29N3O4. The number of piperazine rings is 1. The Hall–Kier alpha value is -3.06. The Morgan fingerprint density at radius 1 is 1.13 bits per heavy atom. The lowest BCUT2D eigenvalue weighted by atomic mass is 9.93. The van der Waals surface area contributed by atoms with Gasteiger partial charge in [-0.05, 0) is 50.6 Å². The lowest BCUT2D eigenvalue weighted by Crippen LogP contribution is -2.52. The van der Waals surface area contributed by atoms with E-state index in [0.29, 0.717) is 6.54 Å². The number of ether oxygens (including phenoxy) is 2. The highest BCUT2D eigenvalue weighted by Crippen LogP contribution is 2.40. The molecule has 0 unspecified atom stereocenters. The van der Waals surface area contributed by atoms with E-state index in [2.05, 4.69) is 9.80 Å². The summed E-state index contributed by atoms with van der Waals surface area (Å²) < 4.78 is 11.6. The van der Waals surface area contributed by atoms with E-state index in [-0.39, 0.29) is 0 Å². The van der Waals surface area contributed by atoms with Crippen LogP contribution in [0.5, 0.6) is 17.2 Å². The van der Waals surface area contributed by atoms with Crippen molar-refractivity contribution in [3.8, 4) is 17.2 Å². The third-order valence-corrected chi connectivity index (χ3v) is 5.86. The van der Waals surface area contributed by atoms with Crippen LogP contribution in [0.4, 0.5) is 5.69 Å². The molecule has 1 saturated heterocycles. The molecular weight excluding hydrogens is 394 g/mol. The SMILES string of the molecule is COc1ccc2c(c1)Oc1ccc(C)cc1N=C2N1CCN(CC(C)(C)C(=O)O)CC1. The molecule has 1 N–H and O–H groups in total. The fourth-order valence-electron chi connectivity index (χ4n) is 3.98. The number of benzene rings is 2. The Labute approximate surface area is 182 Å². The number of carbonyl (C=O) groups is 1. The predicted molar refractivity (Wildman–Crippen MR) is 120 cm³/mol. The summed E-state index contributed by atoms with van der Waals surface area (Å²) in [4.78, 5) is 21.0. The fraction of sp³-hybridized carbons (Fsp3) is 0.417. The Morgan fingerprint density at radius 2 is 1.87 bits per heavy atom. The minimum Gasteiger partial charge on any atom is -0.497 e. The van der Waals surface area contributed by atoms with E-state index in [1.807, 2.05) is 43.3 Å². The normalized spacial score (nSPS) is 16.5. The first-order chi connectivity index (χ1) is 14.8. The number of nitrogens with zero attached hydrogens (tertiary/aromatic N) is 3. The van der Waals surface area contributed by atoms with Crippen LogP contribution >= 0.6 is 0 Å². The first-order valence-electron chi connectivity index (χ1n) is 10.5. The molecule has 2 aromatic carbocycles. The Balaban J connectivity index is 1.63. The summed E-state index contributed by atoms with van der Waals surface area (Å²) in [6, 6.07) is 11.8. The summed E-state index contributed by atoms with van der Waals surface area (Å²) in [5, 5.41) is 9.45. The van der Waals surface area contributed by atoms with Crippen molar-refractivity contribution in [1.29, 1.82) is 0 Å². The van der Waals surface area contributed by atoms with Crippen molar-refractivity contribution < 1.29 is 19.4 Å². The topological polar surface area (TPSA) is 74.6 Å². The lowest BCUT2D eigenvalue weighted by Gasteiger charge is -2.39. The van der Waals surface area contributed by atoms with Gasteiger partial charge in [-0.2, -0.15) is 0 Å². The van der Waals surface area contributed by atoms with E-state index in [1.165, 1.54) is 0 Å². The molecule has 4 rings (SSSR count). The molecule has 0 saturated carbocycles. The van der Waals surface area contributed by atoms with Gasteiger partial charge in [0.05, 0.1) is 18.1 Å². The van der Waals surface area contributed by atoms with E-state index < -0.39 is 11.4 Å². The second-order valence-corrected chi connectivity index (χ2v) is 8.82. The average molecular weight is 424 g/mol. The largest absolute Gasteiger partial charge is 0.497 e. The number of fused-ring (bicyclic) bond motifs is 2. The van der Waals surface area contributed by atoms with Gasteiger partial charge in [0.2, 0.25) is 0 Å². The van der Waals surface area contributed by atoms with Crippen LogP contribution < -0.4 is 9.47 Å². The molecule has 0 aromatic heterocycles. The maximum absolute atomic E-state index is 11.5. The van der Waals surface area contributed by atoms with Gasteiger partial charge in [0.15, 0.2) is 5.75 Å². The Morgan fingerprint density at radius 3 is 2.55 bits per heavy atom. The zero-order valence-corrected chi connectivity index (χ0v) is 18.5. The van der Waals surface area contributed by atoms with Crippen LogP contribution in [0, 0.1) is 12.3 Å². The van der Waals surface area contributed by atoms with Crippen LogP contribution in [0.2, 0.25) is 0 Å². The van der Waals surface area contributed by atoms with Crippen molar-refractivity contribution >= 4 is 17.5 Å². The van der Waals surface area contributed by atoms with Gasteiger partial charge in [-0.3, -0.25) is 9.69 Å². The van der Waals surface area contributed by atoms with Gasteiger partial charge >= 0.3 is 5.97 Å².